The Kier molecular flexibility index (Phi) is 5.25. The van der Waals surface area contributed by atoms with Gasteiger partial charge in [0.2, 0.25) is 0 Å². The molecule has 0 saturated carbocycles. The van der Waals surface area contributed by atoms with Crippen LogP contribution in [0.3, 0.4) is 0 Å². The number of hydrogen-bond acceptors (Lipinski definition) is 4. The summed E-state index contributed by atoms with van der Waals surface area (Å²) in [5.74, 6) is 0.450. The van der Waals surface area contributed by atoms with E-state index < -0.39 is 10.0 Å². The van der Waals surface area contributed by atoms with E-state index in [4.69, 9.17) is 11.6 Å². The molecule has 0 radical (unpaired) electrons. The van der Waals surface area contributed by atoms with Gasteiger partial charge in [0.05, 0.1) is 4.34 Å². The molecule has 1 saturated heterocycles. The van der Waals surface area contributed by atoms with E-state index in [0.29, 0.717) is 27.6 Å². The molecule has 1 aromatic heterocycles. The average Bonchev–Trinajstić information content (AvgIpc) is 2.84. The van der Waals surface area contributed by atoms with Crippen molar-refractivity contribution in [1.29, 1.82) is 0 Å². The summed E-state index contributed by atoms with van der Waals surface area (Å²) >= 11 is 6.96. The Labute approximate surface area is 123 Å². The normalized spacial score (nSPS) is 18.1. The van der Waals surface area contributed by atoms with Crippen LogP contribution in [0.4, 0.5) is 0 Å². The third kappa shape index (κ3) is 3.70. The number of piperidine rings is 1. The SMILES string of the molecule is CCN(CC1CCNCC1)S(=O)(=O)c1ccc(Cl)s1. The minimum atomic E-state index is -3.38. The molecule has 2 rings (SSSR count). The molecule has 0 spiro atoms. The lowest BCUT2D eigenvalue weighted by Crippen LogP contribution is -2.39. The van der Waals surface area contributed by atoms with E-state index in [-0.39, 0.29) is 0 Å². The number of nitrogens with zero attached hydrogens (tertiary/aromatic N) is 1. The summed E-state index contributed by atoms with van der Waals surface area (Å²) in [5.41, 5.74) is 0. The van der Waals surface area contributed by atoms with Crippen LogP contribution in [0, 0.1) is 5.92 Å². The molecule has 0 aromatic carbocycles. The molecule has 0 aliphatic carbocycles. The molecular formula is C12H19ClN2O2S2. The van der Waals surface area contributed by atoms with Crippen LogP contribution in [0.15, 0.2) is 16.3 Å². The van der Waals surface area contributed by atoms with Crippen molar-refractivity contribution in [3.8, 4) is 0 Å². The third-order valence-electron chi connectivity index (χ3n) is 3.42. The van der Waals surface area contributed by atoms with Gasteiger partial charge in [0.15, 0.2) is 0 Å². The quantitative estimate of drug-likeness (QED) is 0.905. The van der Waals surface area contributed by atoms with E-state index in [1.807, 2.05) is 6.92 Å². The number of rotatable bonds is 5. The van der Waals surface area contributed by atoms with E-state index in [0.717, 1.165) is 37.3 Å². The topological polar surface area (TPSA) is 49.4 Å². The van der Waals surface area contributed by atoms with Gasteiger partial charge < -0.3 is 5.32 Å². The molecule has 0 atom stereocenters. The molecule has 1 fully saturated rings. The lowest BCUT2D eigenvalue weighted by Gasteiger charge is -2.28. The molecule has 1 aromatic rings. The maximum atomic E-state index is 12.5. The highest BCUT2D eigenvalue weighted by Gasteiger charge is 2.27. The molecular weight excluding hydrogens is 304 g/mol. The van der Waals surface area contributed by atoms with E-state index in [2.05, 4.69) is 5.32 Å². The van der Waals surface area contributed by atoms with Crippen molar-refractivity contribution in [1.82, 2.24) is 9.62 Å². The van der Waals surface area contributed by atoms with Gasteiger partial charge in [-0.25, -0.2) is 8.42 Å². The summed E-state index contributed by atoms with van der Waals surface area (Å²) in [5, 5.41) is 3.30. The number of nitrogens with one attached hydrogen (secondary N) is 1. The Morgan fingerprint density at radius 3 is 2.63 bits per heavy atom. The molecule has 0 bridgehead atoms. The summed E-state index contributed by atoms with van der Waals surface area (Å²) in [6, 6.07) is 3.23. The van der Waals surface area contributed by atoms with Crippen molar-refractivity contribution >= 4 is 33.0 Å². The van der Waals surface area contributed by atoms with Crippen molar-refractivity contribution in [2.75, 3.05) is 26.2 Å². The molecule has 0 unspecified atom stereocenters. The molecule has 108 valence electrons. The fourth-order valence-corrected chi connectivity index (χ4v) is 5.48. The average molecular weight is 323 g/mol. The first-order valence-electron chi connectivity index (χ1n) is 6.50. The highest BCUT2D eigenvalue weighted by molar-refractivity contribution is 7.91. The van der Waals surface area contributed by atoms with E-state index in [1.165, 1.54) is 0 Å². The number of halogens is 1. The van der Waals surface area contributed by atoms with Crippen LogP contribution in [-0.2, 0) is 10.0 Å². The summed E-state index contributed by atoms with van der Waals surface area (Å²) < 4.78 is 27.5. The number of hydrogen-bond donors (Lipinski definition) is 1. The molecule has 2 heterocycles. The Hall–Kier alpha value is -0.140. The van der Waals surface area contributed by atoms with Crippen molar-refractivity contribution in [3.05, 3.63) is 16.5 Å². The maximum Gasteiger partial charge on any atom is 0.252 e. The van der Waals surface area contributed by atoms with Crippen LogP contribution in [0.25, 0.3) is 0 Å². The maximum absolute atomic E-state index is 12.5. The lowest BCUT2D eigenvalue weighted by molar-refractivity contribution is 0.294. The van der Waals surface area contributed by atoms with Crippen LogP contribution in [0.5, 0.6) is 0 Å². The zero-order valence-electron chi connectivity index (χ0n) is 10.9. The van der Waals surface area contributed by atoms with Crippen LogP contribution in [-0.4, -0.2) is 38.9 Å². The van der Waals surface area contributed by atoms with Gasteiger partial charge in [-0.05, 0) is 44.0 Å². The fraction of sp³-hybridized carbons (Fsp3) is 0.667. The predicted octanol–water partition coefficient (Wildman–Crippen LogP) is 2.41. The summed E-state index contributed by atoms with van der Waals surface area (Å²) in [6.45, 7) is 4.95. The van der Waals surface area contributed by atoms with E-state index in [9.17, 15) is 8.42 Å². The van der Waals surface area contributed by atoms with Gasteiger partial charge in [-0.15, -0.1) is 11.3 Å². The lowest BCUT2D eigenvalue weighted by atomic mass is 9.98. The molecule has 1 N–H and O–H groups in total. The van der Waals surface area contributed by atoms with Gasteiger partial charge in [0.1, 0.15) is 4.21 Å². The molecule has 4 nitrogen and oxygen atoms in total. The van der Waals surface area contributed by atoms with Crippen molar-refractivity contribution < 1.29 is 8.42 Å². The van der Waals surface area contributed by atoms with Gasteiger partial charge in [-0.2, -0.15) is 4.31 Å². The first-order chi connectivity index (χ1) is 9.04. The third-order valence-corrected chi connectivity index (χ3v) is 7.06. The minimum absolute atomic E-state index is 0.341. The molecule has 7 heteroatoms. The highest BCUT2D eigenvalue weighted by Crippen LogP contribution is 2.29. The standard InChI is InChI=1S/C12H19ClN2O2S2/c1-2-15(9-10-5-7-14-8-6-10)19(16,17)12-4-3-11(13)18-12/h3-4,10,14H,2,5-9H2,1H3. The second-order valence-electron chi connectivity index (χ2n) is 4.71. The van der Waals surface area contributed by atoms with Gasteiger partial charge in [0.25, 0.3) is 10.0 Å². The van der Waals surface area contributed by atoms with Crippen LogP contribution in [0.2, 0.25) is 4.34 Å². The van der Waals surface area contributed by atoms with Crippen molar-refractivity contribution in [3.63, 3.8) is 0 Å². The van der Waals surface area contributed by atoms with Crippen LogP contribution >= 0.6 is 22.9 Å². The molecule has 1 aliphatic heterocycles. The zero-order valence-corrected chi connectivity index (χ0v) is 13.3. The van der Waals surface area contributed by atoms with Gasteiger partial charge >= 0.3 is 0 Å². The highest BCUT2D eigenvalue weighted by atomic mass is 35.5. The predicted molar refractivity (Wildman–Crippen MR) is 79.4 cm³/mol. The van der Waals surface area contributed by atoms with Gasteiger partial charge in [-0.1, -0.05) is 18.5 Å². The van der Waals surface area contributed by atoms with Crippen molar-refractivity contribution in [2.24, 2.45) is 5.92 Å². The van der Waals surface area contributed by atoms with Gasteiger partial charge in [0, 0.05) is 13.1 Å². The fourth-order valence-electron chi connectivity index (χ4n) is 2.31. The summed E-state index contributed by atoms with van der Waals surface area (Å²) in [7, 11) is -3.38. The van der Waals surface area contributed by atoms with Crippen LogP contribution < -0.4 is 5.32 Å². The first kappa shape index (κ1) is 15.3. The monoisotopic (exact) mass is 322 g/mol. The van der Waals surface area contributed by atoms with Crippen LogP contribution in [0.1, 0.15) is 19.8 Å². The van der Waals surface area contributed by atoms with E-state index in [1.54, 1.807) is 16.4 Å². The Balaban J connectivity index is 2.11. The van der Waals surface area contributed by atoms with Gasteiger partial charge in [-0.3, -0.25) is 0 Å². The smallest absolute Gasteiger partial charge is 0.252 e. The first-order valence-corrected chi connectivity index (χ1v) is 9.13. The largest absolute Gasteiger partial charge is 0.317 e. The second kappa shape index (κ2) is 6.54. The summed E-state index contributed by atoms with van der Waals surface area (Å²) in [4.78, 5) is 0. The molecule has 1 aliphatic rings. The number of sulfonamides is 1. The van der Waals surface area contributed by atoms with E-state index >= 15 is 0 Å². The Morgan fingerprint density at radius 2 is 2.11 bits per heavy atom. The molecule has 0 amide bonds. The van der Waals surface area contributed by atoms with Crippen molar-refractivity contribution in [2.45, 2.75) is 24.0 Å². The molecule has 19 heavy (non-hydrogen) atoms. The zero-order chi connectivity index (χ0) is 13.9. The summed E-state index contributed by atoms with van der Waals surface area (Å²) in [6.07, 6.45) is 2.08. The Bertz CT molecular complexity index is 510. The Morgan fingerprint density at radius 1 is 1.42 bits per heavy atom. The second-order valence-corrected chi connectivity index (χ2v) is 8.59. The number of thiophene rings is 1. The minimum Gasteiger partial charge on any atom is -0.317 e.